The summed E-state index contributed by atoms with van der Waals surface area (Å²) < 4.78 is 10.3. The van der Waals surface area contributed by atoms with Gasteiger partial charge in [0.05, 0.1) is 25.9 Å². The van der Waals surface area contributed by atoms with E-state index in [-0.39, 0.29) is 18.4 Å². The van der Waals surface area contributed by atoms with Gasteiger partial charge in [0, 0.05) is 31.7 Å². The smallest absolute Gasteiger partial charge is 0.253 e. The number of amides is 1. The van der Waals surface area contributed by atoms with Crippen LogP contribution in [0.5, 0.6) is 0 Å². The van der Waals surface area contributed by atoms with Gasteiger partial charge in [0.15, 0.2) is 0 Å². The first-order valence-corrected chi connectivity index (χ1v) is 7.87. The summed E-state index contributed by atoms with van der Waals surface area (Å²) in [6.45, 7) is 3.76. The van der Waals surface area contributed by atoms with E-state index in [1.54, 1.807) is 24.1 Å². The van der Waals surface area contributed by atoms with Crippen LogP contribution < -0.4 is 0 Å². The average molecular weight is 323 g/mol. The molecule has 1 heterocycles. The number of benzene rings is 1. The van der Waals surface area contributed by atoms with E-state index in [1.807, 2.05) is 19.1 Å². The number of hydrogen-bond donors (Lipinski definition) is 2. The molecule has 6 heteroatoms. The van der Waals surface area contributed by atoms with Crippen molar-refractivity contribution in [2.45, 2.75) is 25.7 Å². The SMILES string of the molecule is CCN(C[C@@H]1COC[C@@H](O)[C@H]1O)C(=O)c1ccc(COC)cc1. The lowest BCUT2D eigenvalue weighted by Gasteiger charge is -2.35. The van der Waals surface area contributed by atoms with Gasteiger partial charge in [-0.3, -0.25) is 4.79 Å². The van der Waals surface area contributed by atoms with Gasteiger partial charge in [-0.2, -0.15) is 0 Å². The lowest BCUT2D eigenvalue weighted by molar-refractivity contribution is -0.123. The third kappa shape index (κ3) is 4.51. The van der Waals surface area contributed by atoms with Gasteiger partial charge in [-0.05, 0) is 24.6 Å². The third-order valence-corrected chi connectivity index (χ3v) is 4.13. The highest BCUT2D eigenvalue weighted by Gasteiger charge is 2.33. The van der Waals surface area contributed by atoms with Crippen LogP contribution in [0, 0.1) is 5.92 Å². The number of nitrogens with zero attached hydrogens (tertiary/aromatic N) is 1. The molecule has 2 rings (SSSR count). The van der Waals surface area contributed by atoms with Gasteiger partial charge in [-0.1, -0.05) is 12.1 Å². The highest BCUT2D eigenvalue weighted by molar-refractivity contribution is 5.94. The van der Waals surface area contributed by atoms with Crippen molar-refractivity contribution in [2.24, 2.45) is 5.92 Å². The van der Waals surface area contributed by atoms with E-state index in [1.165, 1.54) is 0 Å². The Kier molecular flexibility index (Phi) is 6.53. The van der Waals surface area contributed by atoms with Crippen LogP contribution in [-0.4, -0.2) is 66.6 Å². The van der Waals surface area contributed by atoms with E-state index in [0.29, 0.717) is 31.9 Å². The number of ether oxygens (including phenoxy) is 2. The molecule has 23 heavy (non-hydrogen) atoms. The summed E-state index contributed by atoms with van der Waals surface area (Å²) in [5, 5.41) is 19.7. The predicted molar refractivity (Wildman–Crippen MR) is 85.1 cm³/mol. The van der Waals surface area contributed by atoms with Gasteiger partial charge >= 0.3 is 0 Å². The van der Waals surface area contributed by atoms with E-state index in [2.05, 4.69) is 0 Å². The Bertz CT molecular complexity index is 504. The van der Waals surface area contributed by atoms with Crippen LogP contribution in [0.15, 0.2) is 24.3 Å². The van der Waals surface area contributed by atoms with Crippen molar-refractivity contribution in [3.63, 3.8) is 0 Å². The summed E-state index contributed by atoms with van der Waals surface area (Å²) >= 11 is 0. The van der Waals surface area contributed by atoms with Crippen LogP contribution >= 0.6 is 0 Å². The number of carbonyl (C=O) groups is 1. The molecule has 0 bridgehead atoms. The largest absolute Gasteiger partial charge is 0.390 e. The minimum absolute atomic E-state index is 0.0938. The Morgan fingerprint density at radius 1 is 1.30 bits per heavy atom. The number of hydrogen-bond acceptors (Lipinski definition) is 5. The zero-order valence-corrected chi connectivity index (χ0v) is 13.6. The van der Waals surface area contributed by atoms with Crippen molar-refractivity contribution in [1.29, 1.82) is 0 Å². The first kappa shape index (κ1) is 17.9. The van der Waals surface area contributed by atoms with Gasteiger partial charge in [0.25, 0.3) is 5.91 Å². The Hall–Kier alpha value is -1.47. The maximum atomic E-state index is 12.6. The third-order valence-electron chi connectivity index (χ3n) is 4.13. The topological polar surface area (TPSA) is 79.2 Å². The maximum absolute atomic E-state index is 12.6. The molecular formula is C17H25NO5. The summed E-state index contributed by atoms with van der Waals surface area (Å²) in [6.07, 6.45) is -1.76. The van der Waals surface area contributed by atoms with Crippen LogP contribution in [0.3, 0.4) is 0 Å². The molecule has 0 unspecified atom stereocenters. The molecule has 1 saturated heterocycles. The molecule has 1 aliphatic heterocycles. The standard InChI is InChI=1S/C17H25NO5/c1-3-18(8-14-10-23-11-15(19)16(14)20)17(21)13-6-4-12(5-7-13)9-22-2/h4-7,14-16,19-20H,3,8-11H2,1-2H3/t14-,15-,16+/m1/s1. The molecule has 0 aliphatic carbocycles. The number of aliphatic hydroxyl groups excluding tert-OH is 2. The Labute approximate surface area is 136 Å². The first-order valence-electron chi connectivity index (χ1n) is 7.87. The zero-order valence-electron chi connectivity index (χ0n) is 13.6. The molecule has 0 spiro atoms. The van der Waals surface area contributed by atoms with Gasteiger partial charge in [-0.15, -0.1) is 0 Å². The lowest BCUT2D eigenvalue weighted by atomic mass is 9.95. The molecule has 2 N–H and O–H groups in total. The van der Waals surface area contributed by atoms with Gasteiger partial charge in [0.1, 0.15) is 6.10 Å². The second-order valence-electron chi connectivity index (χ2n) is 5.83. The van der Waals surface area contributed by atoms with Crippen LogP contribution in [-0.2, 0) is 16.1 Å². The predicted octanol–water partition coefficient (Wildman–Crippen LogP) is 0.663. The van der Waals surface area contributed by atoms with Crippen molar-refractivity contribution >= 4 is 5.91 Å². The molecular weight excluding hydrogens is 298 g/mol. The van der Waals surface area contributed by atoms with Crippen LogP contribution in [0.25, 0.3) is 0 Å². The molecule has 1 aliphatic rings. The fourth-order valence-corrected chi connectivity index (χ4v) is 2.74. The Morgan fingerprint density at radius 3 is 2.61 bits per heavy atom. The number of aliphatic hydroxyl groups is 2. The second kappa shape index (κ2) is 8.40. The molecule has 1 amide bonds. The normalized spacial score (nSPS) is 24.4. The van der Waals surface area contributed by atoms with Crippen molar-refractivity contribution in [3.8, 4) is 0 Å². The molecule has 6 nitrogen and oxygen atoms in total. The van der Waals surface area contributed by atoms with Crippen molar-refractivity contribution in [1.82, 2.24) is 4.90 Å². The summed E-state index contributed by atoms with van der Waals surface area (Å²) in [5.74, 6) is -0.376. The van der Waals surface area contributed by atoms with E-state index >= 15 is 0 Å². The fraction of sp³-hybridized carbons (Fsp3) is 0.588. The van der Waals surface area contributed by atoms with Crippen molar-refractivity contribution < 1.29 is 24.5 Å². The Morgan fingerprint density at radius 2 is 2.00 bits per heavy atom. The molecule has 1 aromatic rings. The maximum Gasteiger partial charge on any atom is 0.253 e. The quantitative estimate of drug-likeness (QED) is 0.804. The molecule has 0 radical (unpaired) electrons. The molecule has 128 valence electrons. The molecule has 3 atom stereocenters. The Balaban J connectivity index is 2.03. The lowest BCUT2D eigenvalue weighted by Crippen LogP contribution is -2.49. The number of rotatable bonds is 6. The summed E-state index contributed by atoms with van der Waals surface area (Å²) in [7, 11) is 1.63. The van der Waals surface area contributed by atoms with Gasteiger partial charge in [-0.25, -0.2) is 0 Å². The fourth-order valence-electron chi connectivity index (χ4n) is 2.74. The number of methoxy groups -OCH3 is 1. The summed E-state index contributed by atoms with van der Waals surface area (Å²) in [6, 6.07) is 7.30. The van der Waals surface area contributed by atoms with Crippen LogP contribution in [0.1, 0.15) is 22.8 Å². The minimum Gasteiger partial charge on any atom is -0.390 e. The highest BCUT2D eigenvalue weighted by Crippen LogP contribution is 2.18. The van der Waals surface area contributed by atoms with Gasteiger partial charge < -0.3 is 24.6 Å². The number of carbonyl (C=O) groups excluding carboxylic acids is 1. The van der Waals surface area contributed by atoms with Gasteiger partial charge in [0.2, 0.25) is 0 Å². The van der Waals surface area contributed by atoms with Crippen molar-refractivity contribution in [2.75, 3.05) is 33.4 Å². The van der Waals surface area contributed by atoms with Crippen LogP contribution in [0.4, 0.5) is 0 Å². The highest BCUT2D eigenvalue weighted by atomic mass is 16.5. The van der Waals surface area contributed by atoms with Crippen molar-refractivity contribution in [3.05, 3.63) is 35.4 Å². The summed E-state index contributed by atoms with van der Waals surface area (Å²) in [5.41, 5.74) is 1.60. The van der Waals surface area contributed by atoms with E-state index in [4.69, 9.17) is 9.47 Å². The molecule has 0 aromatic heterocycles. The molecule has 1 fully saturated rings. The molecule has 0 saturated carbocycles. The monoisotopic (exact) mass is 323 g/mol. The van der Waals surface area contributed by atoms with E-state index in [9.17, 15) is 15.0 Å². The van der Waals surface area contributed by atoms with E-state index < -0.39 is 12.2 Å². The van der Waals surface area contributed by atoms with E-state index in [0.717, 1.165) is 5.56 Å². The first-order chi connectivity index (χ1) is 11.1. The molecule has 1 aromatic carbocycles. The average Bonchev–Trinajstić information content (AvgIpc) is 2.56. The zero-order chi connectivity index (χ0) is 16.8. The minimum atomic E-state index is -0.893. The summed E-state index contributed by atoms with van der Waals surface area (Å²) in [4.78, 5) is 14.3. The second-order valence-corrected chi connectivity index (χ2v) is 5.83. The van der Waals surface area contributed by atoms with Crippen LogP contribution in [0.2, 0.25) is 0 Å².